The highest BCUT2D eigenvalue weighted by Gasteiger charge is 2.28. The predicted octanol–water partition coefficient (Wildman–Crippen LogP) is 1.57. The maximum Gasteiger partial charge on any atom is 0.140 e. The molecule has 3 nitrogen and oxygen atoms in total. The first-order valence-corrected chi connectivity index (χ1v) is 4.71. The van der Waals surface area contributed by atoms with Crippen molar-refractivity contribution >= 4 is 5.78 Å². The number of nitrogens with zero attached hydrogens (tertiary/aromatic N) is 2. The van der Waals surface area contributed by atoms with Crippen LogP contribution in [-0.2, 0) is 11.8 Å². The second-order valence-corrected chi connectivity index (χ2v) is 3.75. The largest absolute Gasteiger partial charge is 0.299 e. The maximum absolute atomic E-state index is 11.5. The number of ketones is 1. The molecule has 0 saturated heterocycles. The van der Waals surface area contributed by atoms with Gasteiger partial charge in [0.15, 0.2) is 0 Å². The lowest BCUT2D eigenvalue weighted by atomic mass is 9.98. The lowest BCUT2D eigenvalue weighted by Crippen LogP contribution is -2.04. The van der Waals surface area contributed by atoms with E-state index in [0.717, 1.165) is 30.5 Å². The van der Waals surface area contributed by atoms with Crippen molar-refractivity contribution < 1.29 is 4.79 Å². The monoisotopic (exact) mass is 178 g/mol. The summed E-state index contributed by atoms with van der Waals surface area (Å²) in [6.07, 6.45) is 4.77. The number of carbonyl (C=O) groups is 1. The molecule has 2 rings (SSSR count). The molecule has 1 aliphatic carbocycles. The second kappa shape index (κ2) is 2.98. The lowest BCUT2D eigenvalue weighted by molar-refractivity contribution is -0.118. The zero-order chi connectivity index (χ0) is 9.42. The Hall–Kier alpha value is -1.12. The third-order valence-electron chi connectivity index (χ3n) is 2.73. The van der Waals surface area contributed by atoms with Gasteiger partial charge in [-0.3, -0.25) is 9.48 Å². The van der Waals surface area contributed by atoms with E-state index in [1.165, 1.54) is 0 Å². The van der Waals surface area contributed by atoms with Gasteiger partial charge in [0.1, 0.15) is 5.78 Å². The first kappa shape index (κ1) is 8.48. The number of carbonyl (C=O) groups excluding carboxylic acids is 1. The molecule has 1 aliphatic rings. The van der Waals surface area contributed by atoms with Crippen LogP contribution >= 0.6 is 0 Å². The van der Waals surface area contributed by atoms with Crippen LogP contribution in [0.2, 0.25) is 0 Å². The molecule has 1 heterocycles. The molecule has 0 N–H and O–H groups in total. The molecule has 70 valence electrons. The maximum atomic E-state index is 11.5. The van der Waals surface area contributed by atoms with Crippen LogP contribution in [-0.4, -0.2) is 15.6 Å². The minimum Gasteiger partial charge on any atom is -0.299 e. The average Bonchev–Trinajstić information content (AvgIpc) is 2.58. The van der Waals surface area contributed by atoms with Gasteiger partial charge in [-0.2, -0.15) is 5.10 Å². The van der Waals surface area contributed by atoms with E-state index in [9.17, 15) is 4.79 Å². The van der Waals surface area contributed by atoms with Crippen LogP contribution in [0.15, 0.2) is 6.20 Å². The Morgan fingerprint density at radius 3 is 2.85 bits per heavy atom. The van der Waals surface area contributed by atoms with Crippen LogP contribution in [0.4, 0.5) is 0 Å². The summed E-state index contributed by atoms with van der Waals surface area (Å²) >= 11 is 0. The number of aryl methyl sites for hydroxylation is 2. The third-order valence-corrected chi connectivity index (χ3v) is 2.73. The van der Waals surface area contributed by atoms with Gasteiger partial charge in [-0.1, -0.05) is 0 Å². The zero-order valence-corrected chi connectivity index (χ0v) is 8.08. The summed E-state index contributed by atoms with van der Waals surface area (Å²) in [5.41, 5.74) is 2.13. The molecular weight excluding hydrogens is 164 g/mol. The van der Waals surface area contributed by atoms with Crippen molar-refractivity contribution in [3.8, 4) is 0 Å². The summed E-state index contributed by atoms with van der Waals surface area (Å²) in [5.74, 6) is 0.518. The molecule has 3 heteroatoms. The summed E-state index contributed by atoms with van der Waals surface area (Å²) in [7, 11) is 1.90. The number of Topliss-reactive ketones (excluding diaryl/α,β-unsaturated/α-hetero) is 1. The van der Waals surface area contributed by atoms with E-state index >= 15 is 0 Å². The number of hydrogen-bond acceptors (Lipinski definition) is 2. The predicted molar refractivity (Wildman–Crippen MR) is 49.5 cm³/mol. The molecule has 1 aromatic heterocycles. The quantitative estimate of drug-likeness (QED) is 0.654. The molecule has 1 aromatic rings. The van der Waals surface area contributed by atoms with Crippen LogP contribution in [0, 0.1) is 6.92 Å². The van der Waals surface area contributed by atoms with Crippen molar-refractivity contribution in [2.45, 2.75) is 32.1 Å². The highest BCUT2D eigenvalue weighted by atomic mass is 16.1. The van der Waals surface area contributed by atoms with Crippen LogP contribution < -0.4 is 0 Å². The van der Waals surface area contributed by atoms with Crippen molar-refractivity contribution in [2.75, 3.05) is 0 Å². The van der Waals surface area contributed by atoms with E-state index in [1.807, 2.05) is 20.2 Å². The van der Waals surface area contributed by atoms with Gasteiger partial charge >= 0.3 is 0 Å². The zero-order valence-electron chi connectivity index (χ0n) is 8.08. The van der Waals surface area contributed by atoms with Crippen molar-refractivity contribution in [3.63, 3.8) is 0 Å². The molecule has 1 saturated carbocycles. The first-order valence-electron chi connectivity index (χ1n) is 4.71. The van der Waals surface area contributed by atoms with Crippen molar-refractivity contribution in [1.82, 2.24) is 9.78 Å². The topological polar surface area (TPSA) is 34.9 Å². The number of aromatic nitrogens is 2. The van der Waals surface area contributed by atoms with Crippen LogP contribution in [0.3, 0.4) is 0 Å². The Labute approximate surface area is 77.7 Å². The summed E-state index contributed by atoms with van der Waals surface area (Å²) in [5, 5.41) is 4.25. The Morgan fingerprint density at radius 2 is 2.38 bits per heavy atom. The fourth-order valence-corrected chi connectivity index (χ4v) is 2.10. The minimum atomic E-state index is 0.133. The van der Waals surface area contributed by atoms with E-state index in [-0.39, 0.29) is 5.92 Å². The van der Waals surface area contributed by atoms with Gasteiger partial charge in [-0.15, -0.1) is 0 Å². The Kier molecular flexibility index (Phi) is 1.94. The summed E-state index contributed by atoms with van der Waals surface area (Å²) < 4.78 is 1.79. The minimum absolute atomic E-state index is 0.133. The van der Waals surface area contributed by atoms with Crippen LogP contribution in [0.5, 0.6) is 0 Å². The molecule has 13 heavy (non-hydrogen) atoms. The SMILES string of the molecule is Cc1nn(C)cc1C1CCCC1=O. The molecule has 0 aliphatic heterocycles. The first-order chi connectivity index (χ1) is 6.18. The molecule has 1 atom stereocenters. The Bertz CT molecular complexity index is 341. The van der Waals surface area contributed by atoms with Gasteiger partial charge in [-0.05, 0) is 19.8 Å². The number of hydrogen-bond donors (Lipinski definition) is 0. The average molecular weight is 178 g/mol. The van der Waals surface area contributed by atoms with Gasteiger partial charge in [0, 0.05) is 31.1 Å². The van der Waals surface area contributed by atoms with E-state index in [4.69, 9.17) is 0 Å². The van der Waals surface area contributed by atoms with Gasteiger partial charge < -0.3 is 0 Å². The summed E-state index contributed by atoms with van der Waals surface area (Å²) in [6, 6.07) is 0. The van der Waals surface area contributed by atoms with Gasteiger partial charge in [0.25, 0.3) is 0 Å². The van der Waals surface area contributed by atoms with Crippen LogP contribution in [0.25, 0.3) is 0 Å². The molecular formula is C10H14N2O. The normalized spacial score (nSPS) is 22.6. The Balaban J connectivity index is 2.34. The summed E-state index contributed by atoms with van der Waals surface area (Å²) in [6.45, 7) is 1.97. The molecule has 0 spiro atoms. The molecule has 0 radical (unpaired) electrons. The van der Waals surface area contributed by atoms with Crippen molar-refractivity contribution in [2.24, 2.45) is 7.05 Å². The molecule has 1 fully saturated rings. The van der Waals surface area contributed by atoms with E-state index in [0.29, 0.717) is 5.78 Å². The van der Waals surface area contributed by atoms with Crippen molar-refractivity contribution in [3.05, 3.63) is 17.5 Å². The number of rotatable bonds is 1. The summed E-state index contributed by atoms with van der Waals surface area (Å²) in [4.78, 5) is 11.5. The van der Waals surface area contributed by atoms with Gasteiger partial charge in [0.2, 0.25) is 0 Å². The highest BCUT2D eigenvalue weighted by Crippen LogP contribution is 2.32. The second-order valence-electron chi connectivity index (χ2n) is 3.75. The molecule has 0 bridgehead atoms. The van der Waals surface area contributed by atoms with Crippen molar-refractivity contribution in [1.29, 1.82) is 0 Å². The fraction of sp³-hybridized carbons (Fsp3) is 0.600. The smallest absolute Gasteiger partial charge is 0.140 e. The molecule has 0 amide bonds. The van der Waals surface area contributed by atoms with E-state index in [1.54, 1.807) is 4.68 Å². The van der Waals surface area contributed by atoms with Crippen LogP contribution in [0.1, 0.15) is 36.4 Å². The van der Waals surface area contributed by atoms with E-state index < -0.39 is 0 Å². The standard InChI is InChI=1S/C10H14N2O/c1-7-9(6-12(2)11-7)8-4-3-5-10(8)13/h6,8H,3-5H2,1-2H3. The third kappa shape index (κ3) is 1.39. The lowest BCUT2D eigenvalue weighted by Gasteiger charge is -2.04. The van der Waals surface area contributed by atoms with Gasteiger partial charge in [0.05, 0.1) is 5.69 Å². The molecule has 0 aromatic carbocycles. The van der Waals surface area contributed by atoms with E-state index in [2.05, 4.69) is 5.10 Å². The highest BCUT2D eigenvalue weighted by molar-refractivity contribution is 5.87. The molecule has 1 unspecified atom stereocenters. The fourth-order valence-electron chi connectivity index (χ4n) is 2.10. The van der Waals surface area contributed by atoms with Gasteiger partial charge in [-0.25, -0.2) is 0 Å². The Morgan fingerprint density at radius 1 is 1.62 bits per heavy atom.